The third kappa shape index (κ3) is 4.64. The average Bonchev–Trinajstić information content (AvgIpc) is 2.94. The van der Waals surface area contributed by atoms with Crippen molar-refractivity contribution in [3.05, 3.63) is 46.2 Å². The fraction of sp³-hybridized carbons (Fsp3) is 0.500. The summed E-state index contributed by atoms with van der Waals surface area (Å²) in [6.45, 7) is 6.26. The minimum atomic E-state index is 0.257. The summed E-state index contributed by atoms with van der Waals surface area (Å²) in [4.78, 5) is 0. The molecule has 2 aromatic rings. The Bertz CT molecular complexity index is 535. The second kappa shape index (κ2) is 8.29. The molecule has 0 aliphatic heterocycles. The van der Waals surface area contributed by atoms with Gasteiger partial charge in [-0.25, -0.2) is 4.68 Å². The molecule has 0 bridgehead atoms. The highest BCUT2D eigenvalue weighted by molar-refractivity contribution is 9.10. The number of hydrogen-bond donors (Lipinski definition) is 1. The van der Waals surface area contributed by atoms with E-state index in [1.807, 2.05) is 10.9 Å². The van der Waals surface area contributed by atoms with Crippen LogP contribution in [-0.2, 0) is 13.0 Å². The van der Waals surface area contributed by atoms with Gasteiger partial charge in [0, 0.05) is 11.0 Å². The van der Waals surface area contributed by atoms with Crippen LogP contribution >= 0.6 is 15.9 Å². The third-order valence-corrected chi connectivity index (χ3v) is 3.96. The first-order chi connectivity index (χ1) is 10.2. The Labute approximate surface area is 135 Å². The van der Waals surface area contributed by atoms with E-state index in [2.05, 4.69) is 69.7 Å². The van der Waals surface area contributed by atoms with Gasteiger partial charge in [0.2, 0.25) is 0 Å². The molecule has 1 aromatic heterocycles. The van der Waals surface area contributed by atoms with Crippen LogP contribution in [0.4, 0.5) is 0 Å². The molecule has 1 heterocycles. The molecule has 0 spiro atoms. The van der Waals surface area contributed by atoms with Crippen LogP contribution in [0.3, 0.4) is 0 Å². The first kappa shape index (κ1) is 16.2. The van der Waals surface area contributed by atoms with Crippen molar-refractivity contribution in [2.45, 2.75) is 45.7 Å². The summed E-state index contributed by atoms with van der Waals surface area (Å²) in [6, 6.07) is 8.77. The lowest BCUT2D eigenvalue weighted by Gasteiger charge is -2.19. The fourth-order valence-electron chi connectivity index (χ4n) is 2.38. The topological polar surface area (TPSA) is 42.7 Å². The van der Waals surface area contributed by atoms with E-state index >= 15 is 0 Å². The van der Waals surface area contributed by atoms with Crippen LogP contribution in [0.1, 0.15) is 44.0 Å². The molecule has 1 aromatic carbocycles. The van der Waals surface area contributed by atoms with Gasteiger partial charge in [-0.1, -0.05) is 47.1 Å². The van der Waals surface area contributed by atoms with E-state index in [-0.39, 0.29) is 6.04 Å². The van der Waals surface area contributed by atoms with Crippen LogP contribution in [0.15, 0.2) is 34.9 Å². The standard InChI is InChI=1S/C16H23BrN4/c1-3-9-18-15(11-13-5-7-14(17)8-6-13)16-12-19-20-21(16)10-4-2/h5-8,12,15,18H,3-4,9-11H2,1-2H3. The van der Waals surface area contributed by atoms with Crippen LogP contribution in [0.25, 0.3) is 0 Å². The predicted molar refractivity (Wildman–Crippen MR) is 89.2 cm³/mol. The smallest absolute Gasteiger partial charge is 0.0759 e. The molecule has 4 nitrogen and oxygen atoms in total. The van der Waals surface area contributed by atoms with Crippen molar-refractivity contribution in [3.63, 3.8) is 0 Å². The van der Waals surface area contributed by atoms with Gasteiger partial charge in [-0.3, -0.25) is 0 Å². The van der Waals surface area contributed by atoms with Gasteiger partial charge in [-0.2, -0.15) is 0 Å². The molecular weight excluding hydrogens is 328 g/mol. The van der Waals surface area contributed by atoms with Crippen LogP contribution in [0.5, 0.6) is 0 Å². The fourth-order valence-corrected chi connectivity index (χ4v) is 2.64. The van der Waals surface area contributed by atoms with Crippen LogP contribution in [-0.4, -0.2) is 21.5 Å². The normalized spacial score (nSPS) is 12.5. The van der Waals surface area contributed by atoms with Gasteiger partial charge >= 0.3 is 0 Å². The van der Waals surface area contributed by atoms with Gasteiger partial charge in [0.1, 0.15) is 0 Å². The summed E-state index contributed by atoms with van der Waals surface area (Å²) in [7, 11) is 0. The summed E-state index contributed by atoms with van der Waals surface area (Å²) in [5, 5.41) is 11.9. The van der Waals surface area contributed by atoms with Gasteiger partial charge < -0.3 is 5.32 Å². The van der Waals surface area contributed by atoms with E-state index in [1.54, 1.807) is 0 Å². The molecule has 0 fully saturated rings. The Morgan fingerprint density at radius 2 is 1.95 bits per heavy atom. The van der Waals surface area contributed by atoms with Crippen LogP contribution in [0, 0.1) is 0 Å². The molecule has 0 radical (unpaired) electrons. The lowest BCUT2D eigenvalue weighted by molar-refractivity contribution is 0.465. The number of rotatable bonds is 8. The van der Waals surface area contributed by atoms with E-state index < -0.39 is 0 Å². The molecular formula is C16H23BrN4. The summed E-state index contributed by atoms with van der Waals surface area (Å²) in [5.74, 6) is 0. The third-order valence-electron chi connectivity index (χ3n) is 3.43. The zero-order valence-electron chi connectivity index (χ0n) is 12.7. The van der Waals surface area contributed by atoms with Gasteiger partial charge in [0.25, 0.3) is 0 Å². The van der Waals surface area contributed by atoms with Gasteiger partial charge in [-0.05, 0) is 43.5 Å². The quantitative estimate of drug-likeness (QED) is 0.788. The largest absolute Gasteiger partial charge is 0.308 e. The molecule has 1 atom stereocenters. The summed E-state index contributed by atoms with van der Waals surface area (Å²) in [6.07, 6.45) is 5.02. The van der Waals surface area contributed by atoms with Crippen LogP contribution in [0.2, 0.25) is 0 Å². The van der Waals surface area contributed by atoms with Crippen molar-refractivity contribution in [1.82, 2.24) is 20.3 Å². The van der Waals surface area contributed by atoms with E-state index in [0.29, 0.717) is 0 Å². The SMILES string of the molecule is CCCNC(Cc1ccc(Br)cc1)c1cnnn1CCC. The van der Waals surface area contributed by atoms with Crippen molar-refractivity contribution >= 4 is 15.9 Å². The minimum Gasteiger partial charge on any atom is -0.308 e. The van der Waals surface area contributed by atoms with Gasteiger partial charge in [-0.15, -0.1) is 5.10 Å². The number of hydrogen-bond acceptors (Lipinski definition) is 3. The lowest BCUT2D eigenvalue weighted by Crippen LogP contribution is -2.26. The van der Waals surface area contributed by atoms with Crippen molar-refractivity contribution in [3.8, 4) is 0 Å². The second-order valence-electron chi connectivity index (χ2n) is 5.22. The van der Waals surface area contributed by atoms with E-state index in [4.69, 9.17) is 0 Å². The zero-order chi connectivity index (χ0) is 15.1. The van der Waals surface area contributed by atoms with Gasteiger partial charge in [0.05, 0.1) is 17.9 Å². The highest BCUT2D eigenvalue weighted by Gasteiger charge is 2.16. The Hall–Kier alpha value is -1.20. The molecule has 0 saturated carbocycles. The number of aromatic nitrogens is 3. The molecule has 0 aliphatic carbocycles. The van der Waals surface area contributed by atoms with Gasteiger partial charge in [0.15, 0.2) is 0 Å². The molecule has 1 unspecified atom stereocenters. The van der Waals surface area contributed by atoms with Crippen molar-refractivity contribution in [1.29, 1.82) is 0 Å². The maximum atomic E-state index is 4.21. The molecule has 0 saturated heterocycles. The number of benzene rings is 1. The van der Waals surface area contributed by atoms with Crippen molar-refractivity contribution in [2.24, 2.45) is 0 Å². The van der Waals surface area contributed by atoms with E-state index in [9.17, 15) is 0 Å². The van der Waals surface area contributed by atoms with Crippen LogP contribution < -0.4 is 5.32 Å². The molecule has 5 heteroatoms. The summed E-state index contributed by atoms with van der Waals surface area (Å²) < 4.78 is 3.13. The Morgan fingerprint density at radius 1 is 1.19 bits per heavy atom. The monoisotopic (exact) mass is 350 g/mol. The zero-order valence-corrected chi connectivity index (χ0v) is 14.3. The second-order valence-corrected chi connectivity index (χ2v) is 6.13. The van der Waals surface area contributed by atoms with Crippen molar-refractivity contribution < 1.29 is 0 Å². The number of nitrogens with one attached hydrogen (secondary N) is 1. The Kier molecular flexibility index (Phi) is 6.39. The molecule has 0 amide bonds. The highest BCUT2D eigenvalue weighted by Crippen LogP contribution is 2.19. The number of aryl methyl sites for hydroxylation is 1. The first-order valence-corrected chi connectivity index (χ1v) is 8.40. The molecule has 114 valence electrons. The van der Waals surface area contributed by atoms with Crippen molar-refractivity contribution in [2.75, 3.05) is 6.54 Å². The summed E-state index contributed by atoms with van der Waals surface area (Å²) >= 11 is 3.48. The Morgan fingerprint density at radius 3 is 2.62 bits per heavy atom. The average molecular weight is 351 g/mol. The number of halogens is 1. The van der Waals surface area contributed by atoms with E-state index in [1.165, 1.54) is 11.3 Å². The Balaban J connectivity index is 2.16. The molecule has 21 heavy (non-hydrogen) atoms. The molecule has 2 rings (SSSR count). The number of nitrogens with zero attached hydrogens (tertiary/aromatic N) is 3. The lowest BCUT2D eigenvalue weighted by atomic mass is 10.0. The van der Waals surface area contributed by atoms with E-state index in [0.717, 1.165) is 36.8 Å². The predicted octanol–water partition coefficient (Wildman–Crippen LogP) is 3.73. The highest BCUT2D eigenvalue weighted by atomic mass is 79.9. The minimum absolute atomic E-state index is 0.257. The summed E-state index contributed by atoms with van der Waals surface area (Å²) in [5.41, 5.74) is 2.49. The molecule has 0 aliphatic rings. The first-order valence-electron chi connectivity index (χ1n) is 7.60. The maximum Gasteiger partial charge on any atom is 0.0759 e. The molecule has 1 N–H and O–H groups in total. The maximum absolute atomic E-state index is 4.21.